The van der Waals surface area contributed by atoms with Crippen molar-refractivity contribution in [1.82, 2.24) is 0 Å². The minimum Gasteiger partial charge on any atom is -0.508 e. The van der Waals surface area contributed by atoms with Gasteiger partial charge in [0, 0.05) is 16.8 Å². The summed E-state index contributed by atoms with van der Waals surface area (Å²) in [4.78, 5) is 0. The number of hydrogen-bond donors (Lipinski definition) is 2. The number of aromatic hydroxyl groups is 1. The highest BCUT2D eigenvalue weighted by atomic mass is 16.3. The number of fused-ring (bicyclic) bond motifs is 2. The van der Waals surface area contributed by atoms with E-state index in [1.807, 2.05) is 18.2 Å². The maximum Gasteiger partial charge on any atom is 0.116 e. The van der Waals surface area contributed by atoms with Gasteiger partial charge in [0.15, 0.2) is 0 Å². The molecule has 0 aromatic heterocycles. The number of hydrogen-bond acceptors (Lipinski definition) is 2. The second-order valence-corrected chi connectivity index (χ2v) is 5.03. The monoisotopic (exact) mass is 225 g/mol. The van der Waals surface area contributed by atoms with E-state index in [4.69, 9.17) is 0 Å². The van der Waals surface area contributed by atoms with Crippen molar-refractivity contribution in [2.45, 2.75) is 19.3 Å². The van der Waals surface area contributed by atoms with Gasteiger partial charge >= 0.3 is 0 Å². The summed E-state index contributed by atoms with van der Waals surface area (Å²) in [5.41, 5.74) is 4.53. The highest BCUT2D eigenvalue weighted by molar-refractivity contribution is 5.76. The average Bonchev–Trinajstić information content (AvgIpc) is 2.31. The molecule has 0 unspecified atom stereocenters. The van der Waals surface area contributed by atoms with Crippen LogP contribution in [0.5, 0.6) is 5.75 Å². The Bertz CT molecular complexity index is 587. The van der Waals surface area contributed by atoms with E-state index in [1.165, 1.54) is 5.56 Å². The van der Waals surface area contributed by atoms with Crippen molar-refractivity contribution in [3.05, 3.63) is 53.6 Å². The Morgan fingerprint density at radius 2 is 1.65 bits per heavy atom. The molecule has 0 saturated heterocycles. The lowest BCUT2D eigenvalue weighted by molar-refractivity contribution is 0.472. The van der Waals surface area contributed by atoms with Gasteiger partial charge in [0.05, 0.1) is 0 Å². The zero-order valence-corrected chi connectivity index (χ0v) is 9.99. The summed E-state index contributed by atoms with van der Waals surface area (Å²) in [6.07, 6.45) is 0. The molecule has 2 nitrogen and oxygen atoms in total. The smallest absolute Gasteiger partial charge is 0.116 e. The molecule has 86 valence electrons. The molecule has 0 bridgehead atoms. The molecule has 1 aliphatic heterocycles. The molecule has 1 aliphatic rings. The van der Waals surface area contributed by atoms with Gasteiger partial charge in [0.25, 0.3) is 0 Å². The van der Waals surface area contributed by atoms with Gasteiger partial charge in [0.2, 0.25) is 0 Å². The van der Waals surface area contributed by atoms with Gasteiger partial charge in [-0.2, -0.15) is 0 Å². The van der Waals surface area contributed by atoms with Crippen LogP contribution in [0.3, 0.4) is 0 Å². The molecule has 0 spiro atoms. The van der Waals surface area contributed by atoms with Gasteiger partial charge in [0.1, 0.15) is 5.75 Å². The Labute approximate surface area is 101 Å². The highest BCUT2D eigenvalue weighted by Gasteiger charge is 2.32. The Kier molecular flexibility index (Phi) is 1.96. The average molecular weight is 225 g/mol. The molecule has 1 heterocycles. The van der Waals surface area contributed by atoms with Crippen molar-refractivity contribution >= 4 is 11.4 Å². The van der Waals surface area contributed by atoms with E-state index >= 15 is 0 Å². The Hall–Kier alpha value is -1.96. The first kappa shape index (κ1) is 10.2. The van der Waals surface area contributed by atoms with Crippen molar-refractivity contribution in [2.24, 2.45) is 0 Å². The Morgan fingerprint density at radius 1 is 0.941 bits per heavy atom. The van der Waals surface area contributed by atoms with Crippen LogP contribution < -0.4 is 5.32 Å². The fourth-order valence-corrected chi connectivity index (χ4v) is 2.59. The summed E-state index contributed by atoms with van der Waals surface area (Å²) in [5.74, 6) is 0.318. The third kappa shape index (κ3) is 1.41. The van der Waals surface area contributed by atoms with Crippen molar-refractivity contribution in [3.63, 3.8) is 0 Å². The summed E-state index contributed by atoms with van der Waals surface area (Å²) in [7, 11) is 0. The fraction of sp³-hybridized carbons (Fsp3) is 0.200. The summed E-state index contributed by atoms with van der Waals surface area (Å²) in [5, 5.41) is 13.1. The molecule has 0 radical (unpaired) electrons. The van der Waals surface area contributed by atoms with Crippen molar-refractivity contribution in [3.8, 4) is 5.75 Å². The lowest BCUT2D eigenvalue weighted by Crippen LogP contribution is -2.25. The number of rotatable bonds is 0. The van der Waals surface area contributed by atoms with Crippen LogP contribution in [0.2, 0.25) is 0 Å². The molecule has 0 atom stereocenters. The minimum atomic E-state index is -0.0874. The van der Waals surface area contributed by atoms with Crippen LogP contribution in [-0.2, 0) is 5.41 Å². The molecule has 17 heavy (non-hydrogen) atoms. The molecule has 0 aliphatic carbocycles. The number of anilines is 2. The van der Waals surface area contributed by atoms with Crippen LogP contribution in [0.1, 0.15) is 25.0 Å². The number of para-hydroxylation sites is 1. The van der Waals surface area contributed by atoms with E-state index < -0.39 is 0 Å². The number of benzene rings is 2. The minimum absolute atomic E-state index is 0.0874. The van der Waals surface area contributed by atoms with Crippen LogP contribution in [0.15, 0.2) is 42.5 Å². The van der Waals surface area contributed by atoms with Crippen LogP contribution in [-0.4, -0.2) is 5.11 Å². The standard InChI is InChI=1S/C15H15NO/c1-15(2)11-5-3-4-6-13(11)16-14-8-7-10(17)9-12(14)15/h3-9,16-17H,1-2H3. The quantitative estimate of drug-likeness (QED) is 0.669. The SMILES string of the molecule is CC1(C)c2ccccc2Nc2ccc(O)cc21. The Morgan fingerprint density at radius 3 is 2.47 bits per heavy atom. The zero-order chi connectivity index (χ0) is 12.0. The number of nitrogens with one attached hydrogen (secondary N) is 1. The van der Waals surface area contributed by atoms with Gasteiger partial charge in [-0.05, 0) is 35.4 Å². The number of phenols is 1. The zero-order valence-electron chi connectivity index (χ0n) is 9.99. The maximum absolute atomic E-state index is 9.64. The first-order valence-electron chi connectivity index (χ1n) is 5.79. The first-order valence-corrected chi connectivity index (χ1v) is 5.79. The van der Waals surface area contributed by atoms with E-state index in [0.717, 1.165) is 16.9 Å². The third-order valence-electron chi connectivity index (χ3n) is 3.55. The van der Waals surface area contributed by atoms with Crippen molar-refractivity contribution in [2.75, 3.05) is 5.32 Å². The van der Waals surface area contributed by atoms with Gasteiger partial charge in [-0.3, -0.25) is 0 Å². The molecular formula is C15H15NO. The molecule has 2 aromatic rings. The van der Waals surface area contributed by atoms with Crippen LogP contribution in [0.25, 0.3) is 0 Å². The summed E-state index contributed by atoms with van der Waals surface area (Å²) in [6.45, 7) is 4.37. The topological polar surface area (TPSA) is 32.3 Å². The molecular weight excluding hydrogens is 210 g/mol. The molecule has 2 N–H and O–H groups in total. The third-order valence-corrected chi connectivity index (χ3v) is 3.55. The van der Waals surface area contributed by atoms with Crippen LogP contribution in [0, 0.1) is 0 Å². The fourth-order valence-electron chi connectivity index (χ4n) is 2.59. The van der Waals surface area contributed by atoms with E-state index in [0.29, 0.717) is 5.75 Å². The van der Waals surface area contributed by atoms with Gasteiger partial charge in [-0.25, -0.2) is 0 Å². The normalized spacial score (nSPS) is 15.6. The van der Waals surface area contributed by atoms with E-state index in [-0.39, 0.29) is 5.41 Å². The van der Waals surface area contributed by atoms with Crippen LogP contribution in [0.4, 0.5) is 11.4 Å². The second-order valence-electron chi connectivity index (χ2n) is 5.03. The van der Waals surface area contributed by atoms with Gasteiger partial charge in [-0.1, -0.05) is 32.0 Å². The molecule has 0 saturated carbocycles. The summed E-state index contributed by atoms with van der Waals surface area (Å²) in [6, 6.07) is 13.8. The lowest BCUT2D eigenvalue weighted by Gasteiger charge is -2.35. The second kappa shape index (κ2) is 3.27. The maximum atomic E-state index is 9.64. The van der Waals surface area contributed by atoms with Crippen molar-refractivity contribution < 1.29 is 5.11 Å². The van der Waals surface area contributed by atoms with Crippen LogP contribution >= 0.6 is 0 Å². The van der Waals surface area contributed by atoms with Crippen molar-refractivity contribution in [1.29, 1.82) is 0 Å². The summed E-state index contributed by atoms with van der Waals surface area (Å²) >= 11 is 0. The molecule has 0 fully saturated rings. The van der Waals surface area contributed by atoms with E-state index in [2.05, 4.69) is 37.4 Å². The molecule has 2 heteroatoms. The molecule has 2 aromatic carbocycles. The molecule has 3 rings (SSSR count). The number of phenolic OH excluding ortho intramolecular Hbond substituents is 1. The van der Waals surface area contributed by atoms with E-state index in [9.17, 15) is 5.11 Å². The van der Waals surface area contributed by atoms with Gasteiger partial charge < -0.3 is 10.4 Å². The lowest BCUT2D eigenvalue weighted by atomic mass is 9.74. The largest absolute Gasteiger partial charge is 0.508 e. The van der Waals surface area contributed by atoms with E-state index in [1.54, 1.807) is 6.07 Å². The summed E-state index contributed by atoms with van der Waals surface area (Å²) < 4.78 is 0. The predicted octanol–water partition coefficient (Wildman–Crippen LogP) is 3.78. The first-order chi connectivity index (χ1) is 8.09. The Balaban J connectivity index is 2.27. The van der Waals surface area contributed by atoms with Gasteiger partial charge in [-0.15, -0.1) is 0 Å². The predicted molar refractivity (Wildman–Crippen MR) is 70.0 cm³/mol. The molecule has 0 amide bonds. The highest BCUT2D eigenvalue weighted by Crippen LogP contribution is 2.45.